The first-order valence-corrected chi connectivity index (χ1v) is 8.06. The summed E-state index contributed by atoms with van der Waals surface area (Å²) < 4.78 is 6.00. The van der Waals surface area contributed by atoms with Gasteiger partial charge in [-0.3, -0.25) is 14.5 Å². The largest absolute Gasteiger partial charge is 0.371 e. The van der Waals surface area contributed by atoms with Gasteiger partial charge in [-0.25, -0.2) is 0 Å². The lowest BCUT2D eigenvalue weighted by Gasteiger charge is -2.35. The maximum atomic E-state index is 11.8. The number of nitrogens with one attached hydrogen (secondary N) is 2. The number of hydrogen-bond acceptors (Lipinski definition) is 4. The van der Waals surface area contributed by atoms with Gasteiger partial charge in [-0.15, -0.1) is 0 Å². The number of nitrogens with zero attached hydrogens (tertiary/aromatic N) is 1. The zero-order valence-electron chi connectivity index (χ0n) is 13.3. The van der Waals surface area contributed by atoms with Crippen molar-refractivity contribution in [3.63, 3.8) is 0 Å². The molecule has 0 radical (unpaired) electrons. The molecule has 0 spiro atoms. The Labute approximate surface area is 136 Å². The third-order valence-corrected chi connectivity index (χ3v) is 4.45. The molecule has 0 bridgehead atoms. The van der Waals surface area contributed by atoms with Crippen LogP contribution in [0.4, 0.5) is 0 Å². The van der Waals surface area contributed by atoms with Crippen LogP contribution in [0.3, 0.4) is 0 Å². The Morgan fingerprint density at radius 1 is 1.26 bits per heavy atom. The quantitative estimate of drug-likeness (QED) is 0.846. The molecular formula is C17H23N3O3. The monoisotopic (exact) mass is 317 g/mol. The first-order chi connectivity index (χ1) is 11.1. The van der Waals surface area contributed by atoms with Crippen molar-refractivity contribution in [2.75, 3.05) is 26.2 Å². The maximum Gasteiger partial charge on any atom is 0.239 e. The predicted octanol–water partition coefficient (Wildman–Crippen LogP) is 0.453. The molecule has 0 aromatic heterocycles. The van der Waals surface area contributed by atoms with E-state index in [1.807, 2.05) is 18.2 Å². The minimum absolute atomic E-state index is 0.0413. The standard InChI is InChI=1S/C17H23N3O3/c1-12(21)18-8-17(22)19-14-7-15-11-23-16(10-20(15)9-14)13-5-3-2-4-6-13/h2-6,14-16H,7-11H2,1H3,(H,18,21)(H,19,22)/t14-,15+,16-/m1/s1. The number of benzene rings is 1. The summed E-state index contributed by atoms with van der Waals surface area (Å²) in [6, 6.07) is 10.7. The molecule has 2 saturated heterocycles. The number of carbonyl (C=O) groups is 2. The van der Waals surface area contributed by atoms with Gasteiger partial charge >= 0.3 is 0 Å². The van der Waals surface area contributed by atoms with Crippen LogP contribution in [0, 0.1) is 0 Å². The highest BCUT2D eigenvalue weighted by molar-refractivity contribution is 5.83. The zero-order chi connectivity index (χ0) is 16.2. The van der Waals surface area contributed by atoms with E-state index in [4.69, 9.17) is 4.74 Å². The molecule has 6 nitrogen and oxygen atoms in total. The summed E-state index contributed by atoms with van der Waals surface area (Å²) in [6.45, 7) is 3.83. The summed E-state index contributed by atoms with van der Waals surface area (Å²) in [7, 11) is 0. The molecule has 2 aliphatic rings. The molecule has 6 heteroatoms. The highest BCUT2D eigenvalue weighted by Crippen LogP contribution is 2.30. The average molecular weight is 317 g/mol. The number of hydrogen-bond donors (Lipinski definition) is 2. The second-order valence-corrected chi connectivity index (χ2v) is 6.25. The third kappa shape index (κ3) is 4.09. The molecule has 3 atom stereocenters. The van der Waals surface area contributed by atoms with Crippen LogP contribution in [-0.2, 0) is 14.3 Å². The van der Waals surface area contributed by atoms with E-state index in [1.54, 1.807) is 0 Å². The van der Waals surface area contributed by atoms with Crippen LogP contribution in [0.5, 0.6) is 0 Å². The molecule has 2 aliphatic heterocycles. The van der Waals surface area contributed by atoms with Crippen molar-refractivity contribution >= 4 is 11.8 Å². The molecule has 3 rings (SSSR count). The van der Waals surface area contributed by atoms with Crippen LogP contribution in [0.2, 0.25) is 0 Å². The van der Waals surface area contributed by atoms with E-state index in [2.05, 4.69) is 27.7 Å². The van der Waals surface area contributed by atoms with Crippen LogP contribution in [0.25, 0.3) is 0 Å². The Balaban J connectivity index is 1.51. The molecule has 1 aromatic rings. The van der Waals surface area contributed by atoms with Crippen LogP contribution in [0.15, 0.2) is 30.3 Å². The van der Waals surface area contributed by atoms with Crippen LogP contribution in [-0.4, -0.2) is 55.0 Å². The summed E-state index contributed by atoms with van der Waals surface area (Å²) >= 11 is 0. The number of fused-ring (bicyclic) bond motifs is 1. The Bertz CT molecular complexity index is 563. The second kappa shape index (κ2) is 7.10. The lowest BCUT2D eigenvalue weighted by atomic mass is 10.1. The summed E-state index contributed by atoms with van der Waals surface area (Å²) in [5, 5.41) is 5.52. The van der Waals surface area contributed by atoms with E-state index in [0.29, 0.717) is 12.6 Å². The maximum absolute atomic E-state index is 11.8. The van der Waals surface area contributed by atoms with Crippen molar-refractivity contribution in [2.45, 2.75) is 31.5 Å². The van der Waals surface area contributed by atoms with E-state index in [1.165, 1.54) is 12.5 Å². The summed E-state index contributed by atoms with van der Waals surface area (Å²) in [6.07, 6.45) is 0.995. The van der Waals surface area contributed by atoms with Gasteiger partial charge in [-0.05, 0) is 12.0 Å². The van der Waals surface area contributed by atoms with Crippen molar-refractivity contribution in [1.29, 1.82) is 0 Å². The summed E-state index contributed by atoms with van der Waals surface area (Å²) in [5.41, 5.74) is 1.20. The topological polar surface area (TPSA) is 70.7 Å². The van der Waals surface area contributed by atoms with Gasteiger partial charge in [0.25, 0.3) is 0 Å². The van der Waals surface area contributed by atoms with Crippen molar-refractivity contribution < 1.29 is 14.3 Å². The lowest BCUT2D eigenvalue weighted by molar-refractivity contribution is -0.125. The Morgan fingerprint density at radius 3 is 2.78 bits per heavy atom. The Kier molecular flexibility index (Phi) is 4.93. The predicted molar refractivity (Wildman–Crippen MR) is 85.7 cm³/mol. The van der Waals surface area contributed by atoms with E-state index >= 15 is 0 Å². The van der Waals surface area contributed by atoms with Crippen LogP contribution in [0.1, 0.15) is 25.0 Å². The number of amides is 2. The first kappa shape index (κ1) is 16.0. The minimum Gasteiger partial charge on any atom is -0.371 e. The van der Waals surface area contributed by atoms with Crippen molar-refractivity contribution in [3.8, 4) is 0 Å². The molecule has 2 heterocycles. The van der Waals surface area contributed by atoms with Crippen LogP contribution < -0.4 is 10.6 Å². The fraction of sp³-hybridized carbons (Fsp3) is 0.529. The van der Waals surface area contributed by atoms with E-state index in [-0.39, 0.29) is 30.5 Å². The number of rotatable bonds is 4. The van der Waals surface area contributed by atoms with Gasteiger partial charge in [0.1, 0.15) is 0 Å². The van der Waals surface area contributed by atoms with Gasteiger partial charge < -0.3 is 15.4 Å². The fourth-order valence-corrected chi connectivity index (χ4v) is 3.33. The third-order valence-electron chi connectivity index (χ3n) is 4.45. The SMILES string of the molecule is CC(=O)NCC(=O)N[C@@H]1C[C@H]2CO[C@@H](c3ccccc3)CN2C1. The number of ether oxygens (including phenoxy) is 1. The molecule has 0 unspecified atom stereocenters. The van der Waals surface area contributed by atoms with Gasteiger partial charge in [0.2, 0.25) is 11.8 Å². The summed E-state index contributed by atoms with van der Waals surface area (Å²) in [4.78, 5) is 25.1. The highest BCUT2D eigenvalue weighted by atomic mass is 16.5. The fourth-order valence-electron chi connectivity index (χ4n) is 3.33. The van der Waals surface area contributed by atoms with Crippen molar-refractivity contribution in [2.24, 2.45) is 0 Å². The van der Waals surface area contributed by atoms with Crippen LogP contribution >= 0.6 is 0 Å². The molecule has 0 saturated carbocycles. The van der Waals surface area contributed by atoms with Crippen molar-refractivity contribution in [1.82, 2.24) is 15.5 Å². The van der Waals surface area contributed by atoms with E-state index < -0.39 is 0 Å². The van der Waals surface area contributed by atoms with Gasteiger partial charge in [-0.2, -0.15) is 0 Å². The Hall–Kier alpha value is -1.92. The normalized spacial score (nSPS) is 27.3. The molecule has 2 fully saturated rings. The molecule has 124 valence electrons. The second-order valence-electron chi connectivity index (χ2n) is 6.25. The Morgan fingerprint density at radius 2 is 2.04 bits per heavy atom. The van der Waals surface area contributed by atoms with E-state index in [0.717, 1.165) is 19.5 Å². The molecule has 1 aromatic carbocycles. The molecule has 2 amide bonds. The molecular weight excluding hydrogens is 294 g/mol. The summed E-state index contributed by atoms with van der Waals surface area (Å²) in [5.74, 6) is -0.325. The minimum atomic E-state index is -0.192. The number of morpholine rings is 1. The van der Waals surface area contributed by atoms with Gasteiger partial charge in [0, 0.05) is 32.1 Å². The highest BCUT2D eigenvalue weighted by Gasteiger charge is 2.38. The van der Waals surface area contributed by atoms with E-state index in [9.17, 15) is 9.59 Å². The van der Waals surface area contributed by atoms with Gasteiger partial charge in [-0.1, -0.05) is 30.3 Å². The van der Waals surface area contributed by atoms with Gasteiger partial charge in [0.05, 0.1) is 19.3 Å². The van der Waals surface area contributed by atoms with Gasteiger partial charge in [0.15, 0.2) is 0 Å². The number of carbonyl (C=O) groups excluding carboxylic acids is 2. The average Bonchev–Trinajstić information content (AvgIpc) is 2.95. The molecule has 23 heavy (non-hydrogen) atoms. The lowest BCUT2D eigenvalue weighted by Crippen LogP contribution is -2.44. The zero-order valence-corrected chi connectivity index (χ0v) is 13.3. The smallest absolute Gasteiger partial charge is 0.239 e. The molecule has 2 N–H and O–H groups in total. The molecule has 0 aliphatic carbocycles. The van der Waals surface area contributed by atoms with Crippen molar-refractivity contribution in [3.05, 3.63) is 35.9 Å². The first-order valence-electron chi connectivity index (χ1n) is 8.06.